The number of morpholine rings is 2. The SMILES string of the molecule is C[C@@H]1OCCN(c2cc(N3CCOCC3)nc(-n3cnc4ccccc43)n2)[C@H]1C. The summed E-state index contributed by atoms with van der Waals surface area (Å²) in [5, 5.41) is 0. The van der Waals surface area contributed by atoms with Crippen molar-refractivity contribution in [2.45, 2.75) is 26.0 Å². The van der Waals surface area contributed by atoms with E-state index >= 15 is 0 Å². The van der Waals surface area contributed by atoms with Gasteiger partial charge in [0.2, 0.25) is 5.95 Å². The van der Waals surface area contributed by atoms with E-state index in [9.17, 15) is 0 Å². The highest BCUT2D eigenvalue weighted by Gasteiger charge is 2.28. The van der Waals surface area contributed by atoms with Crippen LogP contribution in [-0.2, 0) is 9.47 Å². The van der Waals surface area contributed by atoms with Gasteiger partial charge in [0, 0.05) is 25.7 Å². The number of hydrogen-bond donors (Lipinski definition) is 0. The van der Waals surface area contributed by atoms with Gasteiger partial charge in [-0.15, -0.1) is 0 Å². The average Bonchev–Trinajstić information content (AvgIpc) is 3.20. The second-order valence-electron chi connectivity index (χ2n) is 7.60. The second kappa shape index (κ2) is 7.61. The first kappa shape index (κ1) is 18.3. The van der Waals surface area contributed by atoms with E-state index < -0.39 is 0 Å². The van der Waals surface area contributed by atoms with Gasteiger partial charge in [0.15, 0.2) is 0 Å². The number of hydrogen-bond acceptors (Lipinski definition) is 7. The topological polar surface area (TPSA) is 68.5 Å². The van der Waals surface area contributed by atoms with E-state index in [2.05, 4.69) is 34.7 Å². The maximum atomic E-state index is 5.82. The van der Waals surface area contributed by atoms with Crippen LogP contribution in [0.15, 0.2) is 36.7 Å². The minimum Gasteiger partial charge on any atom is -0.378 e. The van der Waals surface area contributed by atoms with Crippen molar-refractivity contribution >= 4 is 22.7 Å². The molecule has 2 aliphatic heterocycles. The molecule has 0 amide bonds. The number of benzene rings is 1. The monoisotopic (exact) mass is 394 g/mol. The van der Waals surface area contributed by atoms with Crippen LogP contribution in [0, 0.1) is 0 Å². The first-order valence-corrected chi connectivity index (χ1v) is 10.2. The molecule has 5 rings (SSSR count). The Hall–Kier alpha value is -2.71. The van der Waals surface area contributed by atoms with Gasteiger partial charge in [-0.05, 0) is 26.0 Å². The fourth-order valence-corrected chi connectivity index (χ4v) is 3.99. The summed E-state index contributed by atoms with van der Waals surface area (Å²) in [5.41, 5.74) is 1.93. The summed E-state index contributed by atoms with van der Waals surface area (Å²) in [6.07, 6.45) is 1.96. The molecule has 0 unspecified atom stereocenters. The van der Waals surface area contributed by atoms with Crippen molar-refractivity contribution < 1.29 is 9.47 Å². The predicted molar refractivity (Wildman–Crippen MR) is 112 cm³/mol. The molecule has 0 aliphatic carbocycles. The third kappa shape index (κ3) is 3.42. The molecule has 0 spiro atoms. The van der Waals surface area contributed by atoms with Crippen LogP contribution in [0.5, 0.6) is 0 Å². The molecule has 2 atom stereocenters. The Morgan fingerprint density at radius 1 is 0.966 bits per heavy atom. The zero-order chi connectivity index (χ0) is 19.8. The largest absolute Gasteiger partial charge is 0.378 e. The Kier molecular flexibility index (Phi) is 4.81. The summed E-state index contributed by atoms with van der Waals surface area (Å²) < 4.78 is 13.3. The molecule has 152 valence electrons. The van der Waals surface area contributed by atoms with E-state index in [1.807, 2.05) is 28.8 Å². The van der Waals surface area contributed by atoms with Gasteiger partial charge in [0.05, 0.1) is 43.0 Å². The number of para-hydroxylation sites is 2. The van der Waals surface area contributed by atoms with Crippen molar-refractivity contribution in [1.82, 2.24) is 19.5 Å². The standard InChI is InChI=1S/C21H26N6O2/c1-15-16(2)29-12-9-26(15)20-13-19(25-7-10-28-11-8-25)23-21(24-20)27-14-22-17-5-3-4-6-18(17)27/h3-6,13-16H,7-12H2,1-2H3/t15-,16-/m0/s1. The Bertz CT molecular complexity index is 1000. The minimum absolute atomic E-state index is 0.156. The van der Waals surface area contributed by atoms with Crippen molar-refractivity contribution in [3.05, 3.63) is 36.7 Å². The maximum Gasteiger partial charge on any atom is 0.239 e. The Labute approximate surface area is 170 Å². The van der Waals surface area contributed by atoms with E-state index in [0.29, 0.717) is 25.8 Å². The Balaban J connectivity index is 1.62. The van der Waals surface area contributed by atoms with Gasteiger partial charge in [-0.3, -0.25) is 4.57 Å². The second-order valence-corrected chi connectivity index (χ2v) is 7.60. The molecule has 4 heterocycles. The van der Waals surface area contributed by atoms with Crippen LogP contribution >= 0.6 is 0 Å². The molecule has 2 fully saturated rings. The lowest BCUT2D eigenvalue weighted by molar-refractivity contribution is 0.0281. The van der Waals surface area contributed by atoms with Crippen molar-refractivity contribution in [3.63, 3.8) is 0 Å². The molecule has 0 bridgehead atoms. The highest BCUT2D eigenvalue weighted by Crippen LogP contribution is 2.27. The average molecular weight is 394 g/mol. The highest BCUT2D eigenvalue weighted by molar-refractivity contribution is 5.76. The van der Waals surface area contributed by atoms with E-state index in [4.69, 9.17) is 19.4 Å². The van der Waals surface area contributed by atoms with Crippen molar-refractivity contribution in [3.8, 4) is 5.95 Å². The number of nitrogens with zero attached hydrogens (tertiary/aromatic N) is 6. The summed E-state index contributed by atoms with van der Waals surface area (Å²) in [5.74, 6) is 2.50. The van der Waals surface area contributed by atoms with Crippen molar-refractivity contribution in [2.75, 3.05) is 49.3 Å². The number of fused-ring (bicyclic) bond motifs is 1. The first-order valence-electron chi connectivity index (χ1n) is 10.2. The molecule has 2 saturated heterocycles. The van der Waals surface area contributed by atoms with Crippen LogP contribution in [0.2, 0.25) is 0 Å². The molecular formula is C21H26N6O2. The molecule has 2 aliphatic rings. The van der Waals surface area contributed by atoms with E-state index in [1.165, 1.54) is 0 Å². The van der Waals surface area contributed by atoms with Gasteiger partial charge in [-0.25, -0.2) is 4.98 Å². The van der Waals surface area contributed by atoms with Gasteiger partial charge in [-0.1, -0.05) is 12.1 Å². The molecule has 29 heavy (non-hydrogen) atoms. The molecule has 0 radical (unpaired) electrons. The number of rotatable bonds is 3. The normalized spacial score (nSPS) is 23.0. The summed E-state index contributed by atoms with van der Waals surface area (Å²) in [6, 6.07) is 10.4. The van der Waals surface area contributed by atoms with E-state index in [1.54, 1.807) is 6.33 Å². The number of imidazole rings is 1. The zero-order valence-electron chi connectivity index (χ0n) is 16.9. The van der Waals surface area contributed by atoms with E-state index in [-0.39, 0.29) is 12.1 Å². The first-order chi connectivity index (χ1) is 14.2. The van der Waals surface area contributed by atoms with E-state index in [0.717, 1.165) is 42.3 Å². The molecule has 0 N–H and O–H groups in total. The van der Waals surface area contributed by atoms with Gasteiger partial charge in [-0.2, -0.15) is 9.97 Å². The van der Waals surface area contributed by atoms with Gasteiger partial charge >= 0.3 is 0 Å². The quantitative estimate of drug-likeness (QED) is 0.675. The predicted octanol–water partition coefficient (Wildman–Crippen LogP) is 2.27. The summed E-state index contributed by atoms with van der Waals surface area (Å²) in [7, 11) is 0. The molecular weight excluding hydrogens is 368 g/mol. The van der Waals surface area contributed by atoms with Crippen LogP contribution < -0.4 is 9.80 Å². The van der Waals surface area contributed by atoms with Gasteiger partial charge < -0.3 is 19.3 Å². The third-order valence-corrected chi connectivity index (χ3v) is 5.87. The van der Waals surface area contributed by atoms with Crippen LogP contribution in [-0.4, -0.2) is 71.1 Å². The number of aromatic nitrogens is 4. The van der Waals surface area contributed by atoms with Gasteiger partial charge in [0.1, 0.15) is 18.0 Å². The number of ether oxygens (including phenoxy) is 2. The summed E-state index contributed by atoms with van der Waals surface area (Å²) >= 11 is 0. The lowest BCUT2D eigenvalue weighted by atomic mass is 10.1. The van der Waals surface area contributed by atoms with Crippen LogP contribution in [0.25, 0.3) is 17.0 Å². The minimum atomic E-state index is 0.156. The fraction of sp³-hybridized carbons (Fsp3) is 0.476. The maximum absolute atomic E-state index is 5.82. The lowest BCUT2D eigenvalue weighted by Gasteiger charge is -2.39. The van der Waals surface area contributed by atoms with Crippen molar-refractivity contribution in [2.24, 2.45) is 0 Å². The third-order valence-electron chi connectivity index (χ3n) is 5.87. The molecule has 8 heteroatoms. The summed E-state index contributed by atoms with van der Waals surface area (Å²) in [6.45, 7) is 8.91. The Morgan fingerprint density at radius 3 is 2.62 bits per heavy atom. The molecule has 2 aromatic heterocycles. The van der Waals surface area contributed by atoms with Crippen LogP contribution in [0.4, 0.5) is 11.6 Å². The van der Waals surface area contributed by atoms with Crippen LogP contribution in [0.1, 0.15) is 13.8 Å². The Morgan fingerprint density at radius 2 is 1.76 bits per heavy atom. The van der Waals surface area contributed by atoms with Crippen molar-refractivity contribution in [1.29, 1.82) is 0 Å². The summed E-state index contributed by atoms with van der Waals surface area (Å²) in [4.78, 5) is 19.0. The molecule has 3 aromatic rings. The van der Waals surface area contributed by atoms with Crippen LogP contribution in [0.3, 0.4) is 0 Å². The molecule has 0 saturated carbocycles. The lowest BCUT2D eigenvalue weighted by Crippen LogP contribution is -2.49. The smallest absolute Gasteiger partial charge is 0.239 e. The fourth-order valence-electron chi connectivity index (χ4n) is 3.99. The number of anilines is 2. The van der Waals surface area contributed by atoms with Gasteiger partial charge in [0.25, 0.3) is 0 Å². The molecule has 1 aromatic carbocycles. The zero-order valence-corrected chi connectivity index (χ0v) is 16.9. The molecule has 8 nitrogen and oxygen atoms in total. The highest BCUT2D eigenvalue weighted by atomic mass is 16.5.